The summed E-state index contributed by atoms with van der Waals surface area (Å²) in [6, 6.07) is 1.87. The second-order valence-electron chi connectivity index (χ2n) is 10.9. The second-order valence-corrected chi connectivity index (χ2v) is 10.9. The Morgan fingerprint density at radius 2 is 1.70 bits per heavy atom. The van der Waals surface area contributed by atoms with E-state index in [2.05, 4.69) is 0 Å². The first-order valence-electron chi connectivity index (χ1n) is 12.7. The van der Waals surface area contributed by atoms with Gasteiger partial charge in [-0.1, -0.05) is 40.5 Å². The van der Waals surface area contributed by atoms with E-state index in [1.54, 1.807) is 6.92 Å². The number of unbranched alkanes of at least 4 members (excludes halogenated alkanes) is 1. The van der Waals surface area contributed by atoms with Crippen molar-refractivity contribution in [2.45, 2.75) is 96.3 Å². The summed E-state index contributed by atoms with van der Waals surface area (Å²) in [5.41, 5.74) is -1.01. The Kier molecular flexibility index (Phi) is 9.31. The Bertz CT molecular complexity index is 912. The van der Waals surface area contributed by atoms with Crippen molar-refractivity contribution in [3.8, 4) is 17.2 Å². The van der Waals surface area contributed by atoms with Crippen molar-refractivity contribution in [3.05, 3.63) is 17.7 Å². The minimum absolute atomic E-state index is 0.0595. The lowest BCUT2D eigenvalue weighted by molar-refractivity contribution is -0.319. The molecule has 0 aromatic heterocycles. The predicted molar refractivity (Wildman–Crippen MR) is 130 cm³/mol. The van der Waals surface area contributed by atoms with Gasteiger partial charge in [0.2, 0.25) is 0 Å². The van der Waals surface area contributed by atoms with Gasteiger partial charge in [0, 0.05) is 23.7 Å². The van der Waals surface area contributed by atoms with E-state index in [0.29, 0.717) is 6.42 Å². The molecule has 1 aliphatic heterocycles. The Balaban J connectivity index is 1.73. The molecule has 37 heavy (non-hydrogen) atoms. The molecule has 2 fully saturated rings. The van der Waals surface area contributed by atoms with Crippen molar-refractivity contribution in [2.24, 2.45) is 17.3 Å². The second kappa shape index (κ2) is 11.7. The van der Waals surface area contributed by atoms with Crippen LogP contribution in [-0.4, -0.2) is 91.2 Å². The van der Waals surface area contributed by atoms with Crippen LogP contribution in [0.15, 0.2) is 12.1 Å². The molecule has 0 bridgehead atoms. The first kappa shape index (κ1) is 29.4. The van der Waals surface area contributed by atoms with Crippen molar-refractivity contribution in [2.75, 3.05) is 6.61 Å². The van der Waals surface area contributed by atoms with Crippen LogP contribution in [0, 0.1) is 17.3 Å². The van der Waals surface area contributed by atoms with Gasteiger partial charge in [0.25, 0.3) is 0 Å². The predicted octanol–water partition coefficient (Wildman–Crippen LogP) is 1.39. The van der Waals surface area contributed by atoms with Gasteiger partial charge in [0.05, 0.1) is 36.1 Å². The molecule has 9 atom stereocenters. The number of hydrogen-bond donors (Lipinski definition) is 7. The average Bonchev–Trinajstić information content (AvgIpc) is 2.85. The van der Waals surface area contributed by atoms with Gasteiger partial charge < -0.3 is 50.0 Å². The standard InChI is InChI=1S/C26H40O11/c1-5-6-7-15-19(30)12(2)22(33)26(3,4)23(15)37-25-21(32)18(29)10-14(36-25)11-35-24(34)13-8-16(27)20(31)17(28)9-13/h8-9,12,14-15,18-19,21-23,25,27-33H,5-7,10-11H2,1-4H3/t12?,14-,15?,18-,19?,21+,22?,23?,25-/m0/s1. The number of rotatable bonds is 8. The van der Waals surface area contributed by atoms with E-state index in [1.807, 2.05) is 20.8 Å². The molecule has 1 saturated heterocycles. The topological polar surface area (TPSA) is 186 Å². The molecular formula is C26H40O11. The smallest absolute Gasteiger partial charge is 0.338 e. The number of phenolic OH excluding ortho intramolecular Hbond substituents is 3. The number of carbonyl (C=O) groups is 1. The maximum atomic E-state index is 12.4. The summed E-state index contributed by atoms with van der Waals surface area (Å²) in [5.74, 6) is -3.80. The number of hydrogen-bond acceptors (Lipinski definition) is 11. The van der Waals surface area contributed by atoms with E-state index in [0.717, 1.165) is 25.0 Å². The van der Waals surface area contributed by atoms with Gasteiger partial charge in [-0.25, -0.2) is 4.79 Å². The van der Waals surface area contributed by atoms with E-state index < -0.39 is 71.5 Å². The first-order valence-corrected chi connectivity index (χ1v) is 12.7. The highest BCUT2D eigenvalue weighted by Gasteiger charge is 2.54. The Hall–Kier alpha value is -2.15. The molecule has 1 aliphatic carbocycles. The monoisotopic (exact) mass is 528 g/mol. The van der Waals surface area contributed by atoms with Crippen LogP contribution in [0.3, 0.4) is 0 Å². The van der Waals surface area contributed by atoms with Crippen LogP contribution in [0.4, 0.5) is 0 Å². The average molecular weight is 529 g/mol. The summed E-state index contributed by atoms with van der Waals surface area (Å²) in [4.78, 5) is 12.4. The summed E-state index contributed by atoms with van der Waals surface area (Å²) >= 11 is 0. The molecule has 7 N–H and O–H groups in total. The number of phenols is 3. The minimum Gasteiger partial charge on any atom is -0.504 e. The van der Waals surface area contributed by atoms with Gasteiger partial charge in [0.15, 0.2) is 23.5 Å². The van der Waals surface area contributed by atoms with Crippen molar-refractivity contribution in [3.63, 3.8) is 0 Å². The molecule has 11 nitrogen and oxygen atoms in total. The van der Waals surface area contributed by atoms with Gasteiger partial charge in [-0.05, 0) is 18.6 Å². The number of aromatic hydroxyl groups is 3. The van der Waals surface area contributed by atoms with E-state index in [-0.39, 0.29) is 30.4 Å². The number of aliphatic hydroxyl groups excluding tert-OH is 4. The Morgan fingerprint density at radius 3 is 2.30 bits per heavy atom. The first-order chi connectivity index (χ1) is 17.3. The zero-order chi connectivity index (χ0) is 27.7. The van der Waals surface area contributed by atoms with Crippen LogP contribution >= 0.6 is 0 Å². The minimum atomic E-state index is -1.41. The highest BCUT2D eigenvalue weighted by molar-refractivity contribution is 5.91. The van der Waals surface area contributed by atoms with Gasteiger partial charge in [-0.15, -0.1) is 0 Å². The Labute approximate surface area is 216 Å². The summed E-state index contributed by atoms with van der Waals surface area (Å²) in [7, 11) is 0. The Morgan fingerprint density at radius 1 is 1.08 bits per heavy atom. The zero-order valence-electron chi connectivity index (χ0n) is 21.6. The SMILES string of the molecule is CCCCC1C(O)C(C)C(O)C(C)(C)C1O[C@@H]1O[C@H](COC(=O)c2cc(O)c(O)c(O)c2)C[C@H](O)[C@H]1O. The normalized spacial score (nSPS) is 35.7. The third-order valence-electron chi connectivity index (χ3n) is 7.74. The van der Waals surface area contributed by atoms with Crippen molar-refractivity contribution >= 4 is 5.97 Å². The maximum Gasteiger partial charge on any atom is 0.338 e. The molecule has 0 amide bonds. The summed E-state index contributed by atoms with van der Waals surface area (Å²) < 4.78 is 17.3. The van der Waals surface area contributed by atoms with Gasteiger partial charge >= 0.3 is 5.97 Å². The molecule has 1 aromatic rings. The third-order valence-corrected chi connectivity index (χ3v) is 7.74. The molecule has 1 heterocycles. The number of ether oxygens (including phenoxy) is 3. The van der Waals surface area contributed by atoms with Crippen LogP contribution in [0.1, 0.15) is 63.7 Å². The molecule has 1 aromatic carbocycles. The van der Waals surface area contributed by atoms with E-state index in [9.17, 15) is 40.5 Å². The molecular weight excluding hydrogens is 488 g/mol. The third kappa shape index (κ3) is 6.13. The largest absolute Gasteiger partial charge is 0.504 e. The molecule has 210 valence electrons. The molecule has 2 aliphatic rings. The van der Waals surface area contributed by atoms with Crippen LogP contribution in [0.25, 0.3) is 0 Å². The fourth-order valence-corrected chi connectivity index (χ4v) is 5.45. The summed E-state index contributed by atoms with van der Waals surface area (Å²) in [6.07, 6.45) is -4.93. The van der Waals surface area contributed by atoms with E-state index >= 15 is 0 Å². The van der Waals surface area contributed by atoms with E-state index in [4.69, 9.17) is 14.2 Å². The quantitative estimate of drug-likeness (QED) is 0.191. The number of aliphatic hydroxyl groups is 4. The molecule has 11 heteroatoms. The number of carbonyl (C=O) groups excluding carboxylic acids is 1. The lowest BCUT2D eigenvalue weighted by Gasteiger charge is -2.53. The molecule has 0 spiro atoms. The van der Waals surface area contributed by atoms with Gasteiger partial charge in [-0.3, -0.25) is 0 Å². The summed E-state index contributed by atoms with van der Waals surface area (Å²) in [6.45, 7) is 7.15. The van der Waals surface area contributed by atoms with Crippen molar-refractivity contribution in [1.82, 2.24) is 0 Å². The fourth-order valence-electron chi connectivity index (χ4n) is 5.45. The highest BCUT2D eigenvalue weighted by Crippen LogP contribution is 2.47. The van der Waals surface area contributed by atoms with Crippen LogP contribution in [0.2, 0.25) is 0 Å². The van der Waals surface area contributed by atoms with Crippen LogP contribution in [0.5, 0.6) is 17.2 Å². The fraction of sp³-hybridized carbons (Fsp3) is 0.731. The lowest BCUT2D eigenvalue weighted by atomic mass is 9.61. The molecule has 1 saturated carbocycles. The zero-order valence-corrected chi connectivity index (χ0v) is 21.6. The van der Waals surface area contributed by atoms with Gasteiger partial charge in [0.1, 0.15) is 12.7 Å². The van der Waals surface area contributed by atoms with Crippen LogP contribution < -0.4 is 0 Å². The molecule has 0 radical (unpaired) electrons. The summed E-state index contributed by atoms with van der Waals surface area (Å²) in [5, 5.41) is 71.6. The van der Waals surface area contributed by atoms with Gasteiger partial charge in [-0.2, -0.15) is 0 Å². The van der Waals surface area contributed by atoms with Crippen molar-refractivity contribution < 1.29 is 54.8 Å². The lowest BCUT2D eigenvalue weighted by Crippen LogP contribution is -2.62. The van der Waals surface area contributed by atoms with Crippen molar-refractivity contribution in [1.29, 1.82) is 0 Å². The molecule has 3 rings (SSSR count). The van der Waals surface area contributed by atoms with Crippen LogP contribution in [-0.2, 0) is 14.2 Å². The van der Waals surface area contributed by atoms with E-state index in [1.165, 1.54) is 0 Å². The molecule has 5 unspecified atom stereocenters. The number of benzene rings is 1. The maximum absolute atomic E-state index is 12.4. The number of esters is 1. The highest BCUT2D eigenvalue weighted by atomic mass is 16.7.